The van der Waals surface area contributed by atoms with E-state index < -0.39 is 10.2 Å². The molecule has 2 fully saturated rings. The molecule has 0 bridgehead atoms. The van der Waals surface area contributed by atoms with E-state index >= 15 is 0 Å². The maximum atomic E-state index is 13.1. The minimum Gasteiger partial charge on any atom is -0.354 e. The summed E-state index contributed by atoms with van der Waals surface area (Å²) in [6.45, 7) is 6.49. The topological polar surface area (TPSA) is 93.8 Å². The first-order chi connectivity index (χ1) is 14.2. The number of hydrogen-bond donors (Lipinski definition) is 1. The molecule has 1 aromatic rings. The van der Waals surface area contributed by atoms with Crippen LogP contribution in [-0.2, 0) is 16.6 Å². The Morgan fingerprint density at radius 1 is 1.10 bits per heavy atom. The van der Waals surface area contributed by atoms with Crippen molar-refractivity contribution in [2.24, 2.45) is 0 Å². The molecule has 8 nitrogen and oxygen atoms in total. The fraction of sp³-hybridized carbons (Fsp3) is 0.714. The second kappa shape index (κ2) is 9.20. The van der Waals surface area contributed by atoms with E-state index in [1.165, 1.54) is 22.0 Å². The maximum absolute atomic E-state index is 13.1. The van der Waals surface area contributed by atoms with E-state index in [4.69, 9.17) is 0 Å². The number of amides is 1. The molecule has 30 heavy (non-hydrogen) atoms. The maximum Gasteiger partial charge on any atom is 0.282 e. The summed E-state index contributed by atoms with van der Waals surface area (Å²) in [4.78, 5) is 29.9. The zero-order valence-corrected chi connectivity index (χ0v) is 19.3. The van der Waals surface area contributed by atoms with Crippen molar-refractivity contribution in [2.45, 2.75) is 65.3 Å². The zero-order chi connectivity index (χ0) is 22.1. The minimum absolute atomic E-state index is 0.0543. The predicted molar refractivity (Wildman–Crippen MR) is 116 cm³/mol. The molecule has 0 radical (unpaired) electrons. The highest BCUT2D eigenvalue weighted by Gasteiger charge is 2.36. The predicted octanol–water partition coefficient (Wildman–Crippen LogP) is 2.36. The average molecular weight is 439 g/mol. The largest absolute Gasteiger partial charge is 0.354 e. The number of aromatic nitrogens is 1. The number of carbonyl (C=O) groups is 2. The fourth-order valence-corrected chi connectivity index (χ4v) is 6.36. The van der Waals surface area contributed by atoms with Gasteiger partial charge in [0.1, 0.15) is 5.69 Å². The number of Topliss-reactive ketones (excluding diaryl/α,β-unsaturated/α-hetero) is 1. The van der Waals surface area contributed by atoms with Crippen molar-refractivity contribution in [1.82, 2.24) is 18.5 Å². The van der Waals surface area contributed by atoms with Crippen LogP contribution >= 0.6 is 0 Å². The van der Waals surface area contributed by atoms with Gasteiger partial charge in [0.05, 0.1) is 0 Å². The minimum atomic E-state index is -3.53. The van der Waals surface area contributed by atoms with Crippen LogP contribution in [0.15, 0.2) is 0 Å². The summed E-state index contributed by atoms with van der Waals surface area (Å²) in [5.41, 5.74) is 2.50. The van der Waals surface area contributed by atoms with Crippen LogP contribution in [0.3, 0.4) is 0 Å². The molecule has 1 amide bonds. The molecule has 9 heteroatoms. The number of carbonyl (C=O) groups excluding carboxylic acids is 2. The first-order valence-corrected chi connectivity index (χ1v) is 12.3. The van der Waals surface area contributed by atoms with Gasteiger partial charge in [0.25, 0.3) is 16.1 Å². The Hall–Kier alpha value is -1.71. The molecule has 168 valence electrons. The van der Waals surface area contributed by atoms with Crippen molar-refractivity contribution < 1.29 is 18.0 Å². The van der Waals surface area contributed by atoms with E-state index in [0.29, 0.717) is 36.5 Å². The Kier molecular flexibility index (Phi) is 7.04. The average Bonchev–Trinajstić information content (AvgIpc) is 3.09. The lowest BCUT2D eigenvalue weighted by Crippen LogP contribution is -2.55. The number of piperazine rings is 1. The van der Waals surface area contributed by atoms with Crippen LogP contribution in [0.4, 0.5) is 0 Å². The van der Waals surface area contributed by atoms with Crippen LogP contribution in [0.25, 0.3) is 0 Å². The number of aromatic amines is 1. The van der Waals surface area contributed by atoms with Crippen molar-refractivity contribution in [1.29, 1.82) is 0 Å². The lowest BCUT2D eigenvalue weighted by Gasteiger charge is -2.38. The highest BCUT2D eigenvalue weighted by Crippen LogP contribution is 2.26. The van der Waals surface area contributed by atoms with Gasteiger partial charge < -0.3 is 9.88 Å². The Morgan fingerprint density at radius 3 is 2.23 bits per heavy atom. The molecule has 1 N–H and O–H groups in total. The highest BCUT2D eigenvalue weighted by molar-refractivity contribution is 7.86. The number of H-pyrrole nitrogens is 1. The fourth-order valence-electron chi connectivity index (χ4n) is 4.78. The molecule has 0 atom stereocenters. The van der Waals surface area contributed by atoms with Gasteiger partial charge in [-0.3, -0.25) is 9.59 Å². The van der Waals surface area contributed by atoms with Gasteiger partial charge in [0, 0.05) is 50.5 Å². The third-order valence-corrected chi connectivity index (χ3v) is 8.56. The van der Waals surface area contributed by atoms with E-state index in [-0.39, 0.29) is 30.8 Å². The molecule has 1 saturated heterocycles. The van der Waals surface area contributed by atoms with Crippen molar-refractivity contribution in [3.05, 3.63) is 22.5 Å². The molecule has 1 saturated carbocycles. The van der Waals surface area contributed by atoms with Crippen molar-refractivity contribution in [3.63, 3.8) is 0 Å². The van der Waals surface area contributed by atoms with E-state index in [9.17, 15) is 18.0 Å². The summed E-state index contributed by atoms with van der Waals surface area (Å²) in [6.07, 6.45) is 5.74. The summed E-state index contributed by atoms with van der Waals surface area (Å²) >= 11 is 0. The van der Waals surface area contributed by atoms with E-state index in [2.05, 4.69) is 4.98 Å². The Balaban J connectivity index is 1.69. The van der Waals surface area contributed by atoms with Crippen molar-refractivity contribution in [2.75, 3.05) is 33.2 Å². The first-order valence-electron chi connectivity index (χ1n) is 10.9. The van der Waals surface area contributed by atoms with Crippen molar-refractivity contribution >= 4 is 21.9 Å². The Labute approximate surface area is 179 Å². The molecule has 3 rings (SSSR count). The second-order valence-corrected chi connectivity index (χ2v) is 10.4. The smallest absolute Gasteiger partial charge is 0.282 e. The summed E-state index contributed by atoms with van der Waals surface area (Å²) < 4.78 is 29.1. The molecule has 2 aliphatic rings. The summed E-state index contributed by atoms with van der Waals surface area (Å²) in [5.74, 6) is -0.221. The molecule has 0 unspecified atom stereocenters. The van der Waals surface area contributed by atoms with Gasteiger partial charge >= 0.3 is 0 Å². The Morgan fingerprint density at radius 2 is 1.70 bits per heavy atom. The summed E-state index contributed by atoms with van der Waals surface area (Å²) in [7, 11) is -1.84. The monoisotopic (exact) mass is 438 g/mol. The molecular weight excluding hydrogens is 404 g/mol. The number of nitrogens with one attached hydrogen (secondary N) is 1. The van der Waals surface area contributed by atoms with Crippen LogP contribution in [0.1, 0.15) is 78.1 Å². The number of ketones is 1. The number of aryl methyl sites for hydroxylation is 1. The lowest BCUT2D eigenvalue weighted by atomic mass is 9.96. The third-order valence-electron chi connectivity index (χ3n) is 6.52. The summed E-state index contributed by atoms with van der Waals surface area (Å²) in [6, 6.07) is 0.0717. The van der Waals surface area contributed by atoms with Gasteiger partial charge in [0.2, 0.25) is 0 Å². The van der Waals surface area contributed by atoms with Gasteiger partial charge in [-0.2, -0.15) is 17.0 Å². The van der Waals surface area contributed by atoms with Gasteiger partial charge in [-0.25, -0.2) is 0 Å². The first kappa shape index (κ1) is 23.0. The third kappa shape index (κ3) is 4.33. The quantitative estimate of drug-likeness (QED) is 0.690. The zero-order valence-electron chi connectivity index (χ0n) is 18.5. The number of rotatable bonds is 6. The van der Waals surface area contributed by atoms with Gasteiger partial charge in [-0.1, -0.05) is 26.2 Å². The van der Waals surface area contributed by atoms with Gasteiger partial charge in [-0.15, -0.1) is 0 Å². The SMILES string of the molecule is CCc1c(C(=O)N2CCN(S(=O)(=O)N(C)C3CCCCC3)CC2)[nH]c(C)c1C(C)=O. The number of hydrogen-bond acceptors (Lipinski definition) is 4. The van der Waals surface area contributed by atoms with E-state index in [1.807, 2.05) is 6.92 Å². The van der Waals surface area contributed by atoms with Gasteiger partial charge in [0.15, 0.2) is 5.78 Å². The molecule has 0 spiro atoms. The standard InChI is InChI=1S/C21H34N4O4S/c1-5-18-19(16(3)26)15(2)22-20(18)21(27)24-11-13-25(14-12-24)30(28,29)23(4)17-9-7-6-8-10-17/h17,22H,5-14H2,1-4H3. The van der Waals surface area contributed by atoms with Crippen LogP contribution < -0.4 is 0 Å². The number of nitrogens with zero attached hydrogens (tertiary/aromatic N) is 3. The molecule has 1 aliphatic heterocycles. The van der Waals surface area contributed by atoms with Crippen LogP contribution in [0, 0.1) is 6.92 Å². The molecule has 1 aromatic heterocycles. The van der Waals surface area contributed by atoms with E-state index in [0.717, 1.165) is 31.2 Å². The Bertz CT molecular complexity index is 894. The normalized spacial score (nSPS) is 19.4. The second-order valence-electron chi connectivity index (χ2n) is 8.40. The van der Waals surface area contributed by atoms with Crippen LogP contribution in [0.2, 0.25) is 0 Å². The molecule has 1 aliphatic carbocycles. The van der Waals surface area contributed by atoms with Gasteiger partial charge in [-0.05, 0) is 38.7 Å². The highest BCUT2D eigenvalue weighted by atomic mass is 32.2. The molecule has 0 aromatic carbocycles. The van der Waals surface area contributed by atoms with Crippen molar-refractivity contribution in [3.8, 4) is 0 Å². The molecule has 2 heterocycles. The lowest BCUT2D eigenvalue weighted by molar-refractivity contribution is 0.0686. The molecular formula is C21H34N4O4S. The van der Waals surface area contributed by atoms with E-state index in [1.54, 1.807) is 18.9 Å². The van der Waals surface area contributed by atoms with Crippen LogP contribution in [0.5, 0.6) is 0 Å². The van der Waals surface area contributed by atoms with Crippen LogP contribution in [-0.4, -0.2) is 77.9 Å². The summed E-state index contributed by atoms with van der Waals surface area (Å²) in [5, 5.41) is 0.